The highest BCUT2D eigenvalue weighted by atomic mass is 32.2. The molecule has 1 aliphatic heterocycles. The summed E-state index contributed by atoms with van der Waals surface area (Å²) in [5.41, 5.74) is 3.04. The number of nitrogens with zero attached hydrogens (tertiary/aromatic N) is 2. The first kappa shape index (κ1) is 19.9. The molecule has 1 aliphatic rings. The van der Waals surface area contributed by atoms with E-state index in [1.54, 1.807) is 37.7 Å². The van der Waals surface area contributed by atoms with E-state index in [4.69, 9.17) is 4.74 Å². The highest BCUT2D eigenvalue weighted by molar-refractivity contribution is 8.03. The van der Waals surface area contributed by atoms with Gasteiger partial charge in [-0.2, -0.15) is 0 Å². The zero-order chi connectivity index (χ0) is 20.9. The molecule has 2 heterocycles. The summed E-state index contributed by atoms with van der Waals surface area (Å²) in [5.74, 6) is 0.747. The molecule has 0 saturated carbocycles. The lowest BCUT2D eigenvalue weighted by Crippen LogP contribution is -2.31. The summed E-state index contributed by atoms with van der Waals surface area (Å²) in [7, 11) is 1.59. The molecule has 30 heavy (non-hydrogen) atoms. The molecular formula is C24H20N2O3S. The lowest BCUT2D eigenvalue weighted by Gasteiger charge is -2.15. The maximum atomic E-state index is 13.3. The molecule has 0 spiro atoms. The van der Waals surface area contributed by atoms with Gasteiger partial charge >= 0.3 is 0 Å². The van der Waals surface area contributed by atoms with E-state index in [0.717, 1.165) is 11.1 Å². The number of thioether (sulfide) groups is 1. The van der Waals surface area contributed by atoms with Crippen LogP contribution in [0, 0.1) is 0 Å². The Kier molecular flexibility index (Phi) is 5.95. The van der Waals surface area contributed by atoms with Crippen molar-refractivity contribution >= 4 is 29.1 Å². The monoisotopic (exact) mass is 416 g/mol. The van der Waals surface area contributed by atoms with E-state index in [1.807, 2.05) is 48.5 Å². The van der Waals surface area contributed by atoms with Gasteiger partial charge in [-0.05, 0) is 34.9 Å². The van der Waals surface area contributed by atoms with Crippen molar-refractivity contribution in [2.45, 2.75) is 12.3 Å². The average molecular weight is 417 g/mol. The smallest absolute Gasteiger partial charge is 0.268 e. The fourth-order valence-corrected chi connectivity index (χ4v) is 4.33. The van der Waals surface area contributed by atoms with Crippen molar-refractivity contribution < 1.29 is 14.3 Å². The first-order valence-corrected chi connectivity index (χ1v) is 10.5. The van der Waals surface area contributed by atoms with E-state index in [2.05, 4.69) is 4.98 Å². The van der Waals surface area contributed by atoms with Crippen molar-refractivity contribution in [3.63, 3.8) is 0 Å². The van der Waals surface area contributed by atoms with Crippen LogP contribution in [0.25, 0.3) is 5.57 Å². The number of carbonyl (C=O) groups is 2. The Labute approximate surface area is 179 Å². The summed E-state index contributed by atoms with van der Waals surface area (Å²) in [5, 5.41) is 0. The number of pyridine rings is 1. The van der Waals surface area contributed by atoms with Crippen LogP contribution in [0.3, 0.4) is 0 Å². The van der Waals surface area contributed by atoms with Crippen LogP contribution in [0.2, 0.25) is 0 Å². The molecule has 0 aliphatic carbocycles. The largest absolute Gasteiger partial charge is 0.497 e. The Morgan fingerprint density at radius 3 is 2.30 bits per heavy atom. The first-order chi connectivity index (χ1) is 14.7. The van der Waals surface area contributed by atoms with Crippen LogP contribution in [0.4, 0.5) is 0 Å². The number of methoxy groups -OCH3 is 1. The van der Waals surface area contributed by atoms with Crippen molar-refractivity contribution in [1.29, 1.82) is 0 Å². The quantitative estimate of drug-likeness (QED) is 0.538. The lowest BCUT2D eigenvalue weighted by molar-refractivity contribution is -0.137. The highest BCUT2D eigenvalue weighted by Gasteiger charge is 2.39. The molecular weight excluding hydrogens is 396 g/mol. The molecule has 150 valence electrons. The van der Waals surface area contributed by atoms with Gasteiger partial charge in [-0.15, -0.1) is 11.8 Å². The van der Waals surface area contributed by atoms with Gasteiger partial charge in [0.15, 0.2) is 0 Å². The Balaban J connectivity index is 1.67. The summed E-state index contributed by atoms with van der Waals surface area (Å²) in [6, 6.07) is 20.8. The summed E-state index contributed by atoms with van der Waals surface area (Å²) in [4.78, 5) is 32.4. The molecule has 2 aromatic carbocycles. The maximum absolute atomic E-state index is 13.3. The normalized spacial score (nSPS) is 13.8. The van der Waals surface area contributed by atoms with Gasteiger partial charge in [0.05, 0.1) is 24.1 Å². The number of hydrogen-bond acceptors (Lipinski definition) is 5. The van der Waals surface area contributed by atoms with Gasteiger partial charge in [0.1, 0.15) is 5.75 Å². The molecule has 1 aromatic heterocycles. The molecule has 3 aromatic rings. The number of amides is 2. The van der Waals surface area contributed by atoms with E-state index < -0.39 is 0 Å². The SMILES string of the molecule is COc1ccc(C2=C(SCc3ccccc3)C(=O)N(Cc3cccnc3)C2=O)cc1. The highest BCUT2D eigenvalue weighted by Crippen LogP contribution is 2.38. The van der Waals surface area contributed by atoms with Crippen LogP contribution in [0.1, 0.15) is 16.7 Å². The van der Waals surface area contributed by atoms with E-state index in [0.29, 0.717) is 27.5 Å². The molecule has 0 unspecified atom stereocenters. The van der Waals surface area contributed by atoms with Gasteiger partial charge in [-0.3, -0.25) is 19.5 Å². The number of imide groups is 1. The third-order valence-corrected chi connectivity index (χ3v) is 5.94. The number of ether oxygens (including phenoxy) is 1. The number of carbonyl (C=O) groups excluding carboxylic acids is 2. The van der Waals surface area contributed by atoms with Gasteiger partial charge in [0, 0.05) is 18.1 Å². The molecule has 2 amide bonds. The van der Waals surface area contributed by atoms with Crippen molar-refractivity contribution in [3.8, 4) is 5.75 Å². The summed E-state index contributed by atoms with van der Waals surface area (Å²) in [6.07, 6.45) is 3.34. The number of benzene rings is 2. The van der Waals surface area contributed by atoms with Gasteiger partial charge in [0.25, 0.3) is 11.8 Å². The predicted octanol–water partition coefficient (Wildman–Crippen LogP) is 4.30. The fourth-order valence-electron chi connectivity index (χ4n) is 3.25. The topological polar surface area (TPSA) is 59.5 Å². The van der Waals surface area contributed by atoms with Crippen molar-refractivity contribution in [2.24, 2.45) is 0 Å². The molecule has 5 nitrogen and oxygen atoms in total. The second kappa shape index (κ2) is 8.97. The predicted molar refractivity (Wildman–Crippen MR) is 117 cm³/mol. The standard InChI is InChI=1S/C24H20N2O3S/c1-29-20-11-9-19(10-12-20)21-22(30-16-17-6-3-2-4-7-17)24(28)26(23(21)27)15-18-8-5-13-25-14-18/h2-14H,15-16H2,1H3. The second-order valence-corrected chi connectivity index (χ2v) is 7.75. The Hall–Kier alpha value is -3.38. The minimum absolute atomic E-state index is 0.195. The molecule has 0 saturated heterocycles. The zero-order valence-electron chi connectivity index (χ0n) is 16.4. The summed E-state index contributed by atoms with van der Waals surface area (Å²) >= 11 is 1.40. The van der Waals surface area contributed by atoms with E-state index in [-0.39, 0.29) is 18.4 Å². The van der Waals surface area contributed by atoms with Crippen molar-refractivity contribution in [2.75, 3.05) is 7.11 Å². The van der Waals surface area contributed by atoms with Crippen LogP contribution >= 0.6 is 11.8 Å². The van der Waals surface area contributed by atoms with Crippen LogP contribution < -0.4 is 4.74 Å². The average Bonchev–Trinajstić information content (AvgIpc) is 3.03. The second-order valence-electron chi connectivity index (χ2n) is 6.76. The molecule has 0 bridgehead atoms. The Morgan fingerprint density at radius 1 is 0.900 bits per heavy atom. The first-order valence-electron chi connectivity index (χ1n) is 9.48. The van der Waals surface area contributed by atoms with Crippen LogP contribution in [0.15, 0.2) is 84.0 Å². The minimum Gasteiger partial charge on any atom is -0.497 e. The third-order valence-electron chi connectivity index (χ3n) is 4.79. The molecule has 4 rings (SSSR count). The van der Waals surface area contributed by atoms with Gasteiger partial charge in [-0.1, -0.05) is 48.5 Å². The van der Waals surface area contributed by atoms with E-state index in [9.17, 15) is 9.59 Å². The number of hydrogen-bond donors (Lipinski definition) is 0. The van der Waals surface area contributed by atoms with Gasteiger partial charge in [0.2, 0.25) is 0 Å². The third kappa shape index (κ3) is 4.14. The maximum Gasteiger partial charge on any atom is 0.268 e. The van der Waals surface area contributed by atoms with Crippen LogP contribution in [-0.4, -0.2) is 28.8 Å². The van der Waals surface area contributed by atoms with Crippen LogP contribution in [0.5, 0.6) is 5.75 Å². The van der Waals surface area contributed by atoms with Crippen molar-refractivity contribution in [1.82, 2.24) is 9.88 Å². The lowest BCUT2D eigenvalue weighted by atomic mass is 10.1. The molecule has 0 fully saturated rings. The summed E-state index contributed by atoms with van der Waals surface area (Å²) in [6.45, 7) is 0.195. The van der Waals surface area contributed by atoms with E-state index >= 15 is 0 Å². The Morgan fingerprint density at radius 2 is 1.63 bits per heavy atom. The molecule has 6 heteroatoms. The zero-order valence-corrected chi connectivity index (χ0v) is 17.3. The molecule has 0 atom stereocenters. The van der Waals surface area contributed by atoms with E-state index in [1.165, 1.54) is 16.7 Å². The fraction of sp³-hybridized carbons (Fsp3) is 0.125. The number of rotatable bonds is 7. The van der Waals surface area contributed by atoms with Gasteiger partial charge < -0.3 is 4.74 Å². The summed E-state index contributed by atoms with van der Waals surface area (Å²) < 4.78 is 5.22. The molecule has 0 N–H and O–H groups in total. The molecule has 0 radical (unpaired) electrons. The van der Waals surface area contributed by atoms with Crippen LogP contribution in [-0.2, 0) is 21.9 Å². The Bertz CT molecular complexity index is 1080. The minimum atomic E-state index is -0.287. The van der Waals surface area contributed by atoms with Crippen molar-refractivity contribution in [3.05, 3.63) is 101 Å². The van der Waals surface area contributed by atoms with Gasteiger partial charge in [-0.25, -0.2) is 0 Å². The number of aromatic nitrogens is 1.